The number of hydrazone groups is 1. The topological polar surface area (TPSA) is 77.0 Å². The monoisotopic (exact) mass is 236 g/mol. The largest absolute Gasteiger partial charge is 0.465 e. The zero-order valence-corrected chi connectivity index (χ0v) is 9.47. The molecule has 0 fully saturated rings. The van der Waals surface area contributed by atoms with Crippen LogP contribution in [0.5, 0.6) is 0 Å². The molecule has 1 N–H and O–H groups in total. The molecule has 0 atom stereocenters. The summed E-state index contributed by atoms with van der Waals surface area (Å²) in [5.41, 5.74) is 3.03. The molecule has 0 saturated carbocycles. The highest BCUT2D eigenvalue weighted by molar-refractivity contribution is 5.99. The van der Waals surface area contributed by atoms with Crippen LogP contribution in [0.2, 0.25) is 0 Å². The van der Waals surface area contributed by atoms with Crippen molar-refractivity contribution < 1.29 is 19.1 Å². The maximum absolute atomic E-state index is 11.4. The molecule has 0 aliphatic carbocycles. The van der Waals surface area contributed by atoms with Crippen molar-refractivity contribution in [2.45, 2.75) is 0 Å². The number of esters is 1. The van der Waals surface area contributed by atoms with Crippen LogP contribution in [0.15, 0.2) is 29.4 Å². The first kappa shape index (κ1) is 12.7. The molecule has 0 radical (unpaired) electrons. The number of benzene rings is 1. The van der Waals surface area contributed by atoms with Crippen LogP contribution in [0.25, 0.3) is 0 Å². The zero-order chi connectivity index (χ0) is 12.7. The lowest BCUT2D eigenvalue weighted by Gasteiger charge is -2.02. The first-order valence-corrected chi connectivity index (χ1v) is 4.73. The van der Waals surface area contributed by atoms with Crippen molar-refractivity contribution in [3.8, 4) is 0 Å². The molecule has 90 valence electrons. The second kappa shape index (κ2) is 6.26. The number of ether oxygens (including phenoxy) is 2. The molecular weight excluding hydrogens is 224 g/mol. The number of nitrogens with zero attached hydrogens (tertiary/aromatic N) is 1. The fraction of sp³-hybridized carbons (Fsp3) is 0.182. The average molecular weight is 236 g/mol. The first-order chi connectivity index (χ1) is 8.19. The van der Waals surface area contributed by atoms with Gasteiger partial charge < -0.3 is 9.47 Å². The van der Waals surface area contributed by atoms with Crippen molar-refractivity contribution in [2.75, 3.05) is 14.2 Å². The third-order valence-corrected chi connectivity index (χ3v) is 1.91. The van der Waals surface area contributed by atoms with Gasteiger partial charge in [0.1, 0.15) is 0 Å². The molecule has 6 nitrogen and oxygen atoms in total. The number of carbonyl (C=O) groups excluding carboxylic acids is 2. The van der Waals surface area contributed by atoms with E-state index in [0.29, 0.717) is 11.1 Å². The number of carbonyl (C=O) groups is 2. The van der Waals surface area contributed by atoms with Gasteiger partial charge in [-0.2, -0.15) is 5.10 Å². The number of rotatable bonds is 3. The van der Waals surface area contributed by atoms with Gasteiger partial charge in [0.25, 0.3) is 0 Å². The maximum atomic E-state index is 11.4. The number of nitrogens with one attached hydrogen (secondary N) is 1. The predicted octanol–water partition coefficient (Wildman–Crippen LogP) is 1.16. The summed E-state index contributed by atoms with van der Waals surface area (Å²) in [5.74, 6) is -0.467. The standard InChI is InChI=1S/C11H12N2O4/c1-16-10(14)9-6-4-3-5-8(9)7-12-13-11(15)17-2/h3-7H,1-2H3,(H,13,15)/b12-7-. The Morgan fingerprint density at radius 2 is 1.94 bits per heavy atom. The number of methoxy groups -OCH3 is 2. The fourth-order valence-corrected chi connectivity index (χ4v) is 1.11. The van der Waals surface area contributed by atoms with Gasteiger partial charge in [-0.25, -0.2) is 15.0 Å². The third-order valence-electron chi connectivity index (χ3n) is 1.91. The minimum absolute atomic E-state index is 0.366. The molecule has 0 aromatic heterocycles. The van der Waals surface area contributed by atoms with Crippen LogP contribution in [0, 0.1) is 0 Å². The molecule has 0 aliphatic rings. The van der Waals surface area contributed by atoms with Gasteiger partial charge in [0.05, 0.1) is 26.0 Å². The summed E-state index contributed by atoms with van der Waals surface area (Å²) < 4.78 is 8.94. The maximum Gasteiger partial charge on any atom is 0.427 e. The fourth-order valence-electron chi connectivity index (χ4n) is 1.11. The van der Waals surface area contributed by atoms with E-state index in [9.17, 15) is 9.59 Å². The van der Waals surface area contributed by atoms with E-state index >= 15 is 0 Å². The number of hydrogen-bond acceptors (Lipinski definition) is 5. The molecule has 0 bridgehead atoms. The van der Waals surface area contributed by atoms with Crippen molar-refractivity contribution in [3.05, 3.63) is 35.4 Å². The predicted molar refractivity (Wildman–Crippen MR) is 60.9 cm³/mol. The van der Waals surface area contributed by atoms with Gasteiger partial charge in [-0.15, -0.1) is 0 Å². The Morgan fingerprint density at radius 1 is 1.24 bits per heavy atom. The second-order valence-corrected chi connectivity index (χ2v) is 2.94. The summed E-state index contributed by atoms with van der Waals surface area (Å²) in [7, 11) is 2.52. The molecule has 1 rings (SSSR count). The van der Waals surface area contributed by atoms with Crippen LogP contribution >= 0.6 is 0 Å². The van der Waals surface area contributed by atoms with E-state index in [4.69, 9.17) is 0 Å². The summed E-state index contributed by atoms with van der Waals surface area (Å²) in [6.45, 7) is 0. The Labute approximate surface area is 98.2 Å². The molecular formula is C11H12N2O4. The van der Waals surface area contributed by atoms with E-state index in [1.807, 2.05) is 0 Å². The SMILES string of the molecule is COC(=O)N/N=C\c1ccccc1C(=O)OC. The van der Waals surface area contributed by atoms with Crippen LogP contribution in [0.1, 0.15) is 15.9 Å². The molecule has 6 heteroatoms. The van der Waals surface area contributed by atoms with Gasteiger partial charge in [-0.05, 0) is 6.07 Å². The van der Waals surface area contributed by atoms with Crippen molar-refractivity contribution in [1.82, 2.24) is 5.43 Å². The third kappa shape index (κ3) is 3.60. The Morgan fingerprint density at radius 3 is 2.59 bits per heavy atom. The smallest absolute Gasteiger partial charge is 0.427 e. The minimum atomic E-state index is -0.684. The van der Waals surface area contributed by atoms with Gasteiger partial charge in [0.15, 0.2) is 0 Å². The Balaban J connectivity index is 2.83. The van der Waals surface area contributed by atoms with Gasteiger partial charge >= 0.3 is 12.1 Å². The minimum Gasteiger partial charge on any atom is -0.465 e. The van der Waals surface area contributed by atoms with Crippen LogP contribution < -0.4 is 5.43 Å². The van der Waals surface area contributed by atoms with Gasteiger partial charge in [0, 0.05) is 5.56 Å². The highest BCUT2D eigenvalue weighted by Crippen LogP contribution is 2.07. The van der Waals surface area contributed by atoms with Crippen LogP contribution in [-0.2, 0) is 9.47 Å². The van der Waals surface area contributed by atoms with E-state index in [2.05, 4.69) is 20.0 Å². The molecule has 0 spiro atoms. The Kier molecular flexibility index (Phi) is 4.68. The normalized spacial score (nSPS) is 10.0. The molecule has 0 heterocycles. The van der Waals surface area contributed by atoms with Crippen LogP contribution in [0.3, 0.4) is 0 Å². The second-order valence-electron chi connectivity index (χ2n) is 2.94. The number of amides is 1. The molecule has 0 unspecified atom stereocenters. The quantitative estimate of drug-likeness (QED) is 0.485. The van der Waals surface area contributed by atoms with Gasteiger partial charge in [-0.1, -0.05) is 18.2 Å². The molecule has 1 amide bonds. The molecule has 0 aliphatic heterocycles. The summed E-state index contributed by atoms with van der Waals surface area (Å²) in [4.78, 5) is 22.1. The number of hydrogen-bond donors (Lipinski definition) is 1. The zero-order valence-electron chi connectivity index (χ0n) is 9.47. The van der Waals surface area contributed by atoms with E-state index in [-0.39, 0.29) is 0 Å². The van der Waals surface area contributed by atoms with Gasteiger partial charge in [-0.3, -0.25) is 0 Å². The molecule has 0 saturated heterocycles. The lowest BCUT2D eigenvalue weighted by molar-refractivity contribution is 0.0600. The average Bonchev–Trinajstić information content (AvgIpc) is 2.38. The van der Waals surface area contributed by atoms with Gasteiger partial charge in [0.2, 0.25) is 0 Å². The van der Waals surface area contributed by atoms with Crippen molar-refractivity contribution in [2.24, 2.45) is 5.10 Å². The molecule has 1 aromatic carbocycles. The highest BCUT2D eigenvalue weighted by atomic mass is 16.5. The first-order valence-electron chi connectivity index (χ1n) is 4.73. The van der Waals surface area contributed by atoms with E-state index in [0.717, 1.165) is 0 Å². The molecule has 1 aromatic rings. The van der Waals surface area contributed by atoms with Crippen molar-refractivity contribution in [1.29, 1.82) is 0 Å². The Bertz CT molecular complexity index is 443. The van der Waals surface area contributed by atoms with E-state index in [1.54, 1.807) is 24.3 Å². The Hall–Kier alpha value is -2.37. The van der Waals surface area contributed by atoms with E-state index < -0.39 is 12.1 Å². The summed E-state index contributed by atoms with van der Waals surface area (Å²) in [6, 6.07) is 6.73. The highest BCUT2D eigenvalue weighted by Gasteiger charge is 2.08. The lowest BCUT2D eigenvalue weighted by atomic mass is 10.1. The summed E-state index contributed by atoms with van der Waals surface area (Å²) >= 11 is 0. The summed E-state index contributed by atoms with van der Waals surface area (Å²) in [5, 5.41) is 3.63. The molecule has 17 heavy (non-hydrogen) atoms. The van der Waals surface area contributed by atoms with Crippen molar-refractivity contribution in [3.63, 3.8) is 0 Å². The van der Waals surface area contributed by atoms with E-state index in [1.165, 1.54) is 20.4 Å². The van der Waals surface area contributed by atoms with Crippen LogP contribution in [0.4, 0.5) is 4.79 Å². The van der Waals surface area contributed by atoms with Crippen LogP contribution in [-0.4, -0.2) is 32.5 Å². The lowest BCUT2D eigenvalue weighted by Crippen LogP contribution is -2.17. The van der Waals surface area contributed by atoms with Crippen molar-refractivity contribution >= 4 is 18.3 Å². The summed E-state index contributed by atoms with van der Waals surface area (Å²) in [6.07, 6.45) is 0.653.